The van der Waals surface area contributed by atoms with Gasteiger partial charge in [0.25, 0.3) is 0 Å². The Bertz CT molecular complexity index is 513. The third kappa shape index (κ3) is 2.96. The van der Waals surface area contributed by atoms with Gasteiger partial charge in [-0.1, -0.05) is 0 Å². The van der Waals surface area contributed by atoms with Crippen LogP contribution in [-0.4, -0.2) is 68.2 Å². The Morgan fingerprint density at radius 3 is 2.71 bits per heavy atom. The van der Waals surface area contributed by atoms with E-state index >= 15 is 0 Å². The van der Waals surface area contributed by atoms with E-state index in [1.54, 1.807) is 0 Å². The van der Waals surface area contributed by atoms with Crippen molar-refractivity contribution in [3.05, 3.63) is 0 Å². The van der Waals surface area contributed by atoms with Crippen LogP contribution in [0.15, 0.2) is 0 Å². The largest absolute Gasteiger partial charge is 0.378 e. The fraction of sp³-hybridized carbons (Fsp3) is 0.929. The van der Waals surface area contributed by atoms with Crippen molar-refractivity contribution in [1.29, 1.82) is 0 Å². The summed E-state index contributed by atoms with van der Waals surface area (Å²) in [7, 11) is -3.18. The SMILES string of the molecule is CCOC1CC2(CCN(C(=O)CN3CCCS3(=O)=O)C2)C1. The molecule has 0 bridgehead atoms. The number of hydrogen-bond acceptors (Lipinski definition) is 4. The zero-order valence-corrected chi connectivity index (χ0v) is 13.4. The second-order valence-corrected chi connectivity index (χ2v) is 8.64. The van der Waals surface area contributed by atoms with Crippen LogP contribution in [0.4, 0.5) is 0 Å². The molecular weight excluding hydrogens is 292 g/mol. The summed E-state index contributed by atoms with van der Waals surface area (Å²) in [4.78, 5) is 14.2. The van der Waals surface area contributed by atoms with Gasteiger partial charge in [0, 0.05) is 26.2 Å². The van der Waals surface area contributed by atoms with Crippen LogP contribution < -0.4 is 0 Å². The van der Waals surface area contributed by atoms with Crippen molar-refractivity contribution < 1.29 is 17.9 Å². The molecule has 0 aromatic rings. The fourth-order valence-electron chi connectivity index (χ4n) is 3.86. The highest BCUT2D eigenvalue weighted by Crippen LogP contribution is 2.49. The fourth-order valence-corrected chi connectivity index (χ4v) is 5.33. The van der Waals surface area contributed by atoms with Crippen molar-refractivity contribution in [2.24, 2.45) is 5.41 Å². The van der Waals surface area contributed by atoms with Crippen LogP contribution in [0.5, 0.6) is 0 Å². The summed E-state index contributed by atoms with van der Waals surface area (Å²) < 4.78 is 30.5. The number of nitrogens with zero attached hydrogens (tertiary/aromatic N) is 2. The standard InChI is InChI=1S/C14H24N2O4S/c1-2-20-12-8-14(9-12)4-6-15(11-14)13(17)10-16-5-3-7-21(16,18)19/h12H,2-11H2,1H3. The summed E-state index contributed by atoms with van der Waals surface area (Å²) >= 11 is 0. The van der Waals surface area contributed by atoms with Crippen molar-refractivity contribution in [2.75, 3.05) is 38.5 Å². The van der Waals surface area contributed by atoms with E-state index in [1.165, 1.54) is 4.31 Å². The molecule has 0 unspecified atom stereocenters. The molecule has 6 nitrogen and oxygen atoms in total. The molecule has 1 amide bonds. The first-order valence-electron chi connectivity index (χ1n) is 7.81. The number of ether oxygens (including phenoxy) is 1. The smallest absolute Gasteiger partial charge is 0.237 e. The second kappa shape index (κ2) is 5.52. The van der Waals surface area contributed by atoms with Gasteiger partial charge in [-0.25, -0.2) is 8.42 Å². The number of carbonyl (C=O) groups is 1. The number of carbonyl (C=O) groups excluding carboxylic acids is 1. The summed E-state index contributed by atoms with van der Waals surface area (Å²) in [5.41, 5.74) is 0.235. The lowest BCUT2D eigenvalue weighted by Crippen LogP contribution is -2.46. The summed E-state index contributed by atoms with van der Waals surface area (Å²) in [5, 5.41) is 0. The molecule has 1 saturated carbocycles. The molecule has 0 aromatic heterocycles. The van der Waals surface area contributed by atoms with Crippen molar-refractivity contribution >= 4 is 15.9 Å². The van der Waals surface area contributed by atoms with E-state index in [-0.39, 0.29) is 23.6 Å². The highest BCUT2D eigenvalue weighted by molar-refractivity contribution is 7.89. The number of likely N-dealkylation sites (tertiary alicyclic amines) is 1. The maximum absolute atomic E-state index is 12.3. The van der Waals surface area contributed by atoms with Gasteiger partial charge < -0.3 is 9.64 Å². The molecule has 2 saturated heterocycles. The summed E-state index contributed by atoms with van der Waals surface area (Å²) in [6.07, 6.45) is 4.08. The van der Waals surface area contributed by atoms with Crippen LogP contribution in [0.2, 0.25) is 0 Å². The lowest BCUT2D eigenvalue weighted by molar-refractivity contribution is -0.132. The molecule has 21 heavy (non-hydrogen) atoms. The first-order valence-corrected chi connectivity index (χ1v) is 9.42. The van der Waals surface area contributed by atoms with E-state index in [4.69, 9.17) is 4.74 Å². The number of rotatable bonds is 4. The second-order valence-electron chi connectivity index (χ2n) is 6.55. The zero-order chi connectivity index (χ0) is 15.1. The molecule has 2 aliphatic heterocycles. The lowest BCUT2D eigenvalue weighted by Gasteiger charge is -2.44. The summed E-state index contributed by atoms with van der Waals surface area (Å²) in [6, 6.07) is 0. The molecule has 120 valence electrons. The molecule has 1 aliphatic carbocycles. The Balaban J connectivity index is 1.51. The van der Waals surface area contributed by atoms with Crippen LogP contribution in [-0.2, 0) is 19.6 Å². The van der Waals surface area contributed by atoms with Crippen molar-refractivity contribution in [3.8, 4) is 0 Å². The summed E-state index contributed by atoms with van der Waals surface area (Å²) in [5.74, 6) is 0.137. The van der Waals surface area contributed by atoms with Gasteiger partial charge in [-0.15, -0.1) is 0 Å². The minimum Gasteiger partial charge on any atom is -0.378 e. The minimum atomic E-state index is -3.18. The molecule has 0 aromatic carbocycles. The maximum Gasteiger partial charge on any atom is 0.237 e. The van der Waals surface area contributed by atoms with Gasteiger partial charge in [-0.05, 0) is 38.0 Å². The van der Waals surface area contributed by atoms with Crippen molar-refractivity contribution in [1.82, 2.24) is 9.21 Å². The van der Waals surface area contributed by atoms with E-state index in [0.717, 1.165) is 39.0 Å². The topological polar surface area (TPSA) is 66.9 Å². The van der Waals surface area contributed by atoms with Crippen molar-refractivity contribution in [3.63, 3.8) is 0 Å². The third-order valence-corrected chi connectivity index (χ3v) is 6.93. The van der Waals surface area contributed by atoms with Gasteiger partial charge in [0.05, 0.1) is 18.4 Å². The van der Waals surface area contributed by atoms with Crippen molar-refractivity contribution in [2.45, 2.75) is 38.7 Å². The van der Waals surface area contributed by atoms with Crippen LogP contribution in [0.1, 0.15) is 32.6 Å². The van der Waals surface area contributed by atoms with Gasteiger partial charge in [0.1, 0.15) is 0 Å². The molecule has 7 heteroatoms. The molecule has 3 fully saturated rings. The van der Waals surface area contributed by atoms with Gasteiger partial charge in [-0.3, -0.25) is 4.79 Å². The molecule has 2 heterocycles. The number of sulfonamides is 1. The number of amides is 1. The van der Waals surface area contributed by atoms with E-state index in [2.05, 4.69) is 0 Å². The van der Waals surface area contributed by atoms with E-state index in [0.29, 0.717) is 19.1 Å². The normalized spacial score (nSPS) is 35.3. The molecule has 3 rings (SSSR count). The van der Waals surface area contributed by atoms with E-state index < -0.39 is 10.0 Å². The van der Waals surface area contributed by atoms with Gasteiger partial charge >= 0.3 is 0 Å². The third-order valence-electron chi connectivity index (χ3n) is 5.03. The average Bonchev–Trinajstić information content (AvgIpc) is 2.94. The lowest BCUT2D eigenvalue weighted by atomic mass is 9.66. The Morgan fingerprint density at radius 1 is 1.33 bits per heavy atom. The first-order chi connectivity index (χ1) is 9.94. The Morgan fingerprint density at radius 2 is 2.10 bits per heavy atom. The molecule has 3 aliphatic rings. The van der Waals surface area contributed by atoms with Gasteiger partial charge in [-0.2, -0.15) is 4.31 Å². The molecule has 0 N–H and O–H groups in total. The minimum absolute atomic E-state index is 0.0211. The Labute approximate surface area is 126 Å². The van der Waals surface area contributed by atoms with Crippen LogP contribution >= 0.6 is 0 Å². The predicted octanol–water partition coefficient (Wildman–Crippen LogP) is 0.440. The van der Waals surface area contributed by atoms with Crippen LogP contribution in [0, 0.1) is 5.41 Å². The average molecular weight is 316 g/mol. The van der Waals surface area contributed by atoms with Crippen LogP contribution in [0.3, 0.4) is 0 Å². The summed E-state index contributed by atoms with van der Waals surface area (Å²) in [6.45, 7) is 4.78. The van der Waals surface area contributed by atoms with E-state index in [9.17, 15) is 13.2 Å². The van der Waals surface area contributed by atoms with Crippen LogP contribution in [0.25, 0.3) is 0 Å². The highest BCUT2D eigenvalue weighted by Gasteiger charge is 2.50. The van der Waals surface area contributed by atoms with E-state index in [1.807, 2.05) is 11.8 Å². The first kappa shape index (κ1) is 15.2. The Kier molecular flexibility index (Phi) is 4.00. The molecule has 0 radical (unpaired) electrons. The van der Waals surface area contributed by atoms with Gasteiger partial charge in [0.2, 0.25) is 15.9 Å². The molecule has 0 atom stereocenters. The maximum atomic E-state index is 12.3. The molecular formula is C14H24N2O4S. The highest BCUT2D eigenvalue weighted by atomic mass is 32.2. The van der Waals surface area contributed by atoms with Gasteiger partial charge in [0.15, 0.2) is 0 Å². The quantitative estimate of drug-likeness (QED) is 0.755. The predicted molar refractivity (Wildman–Crippen MR) is 78.3 cm³/mol. The Hall–Kier alpha value is -0.660. The zero-order valence-electron chi connectivity index (χ0n) is 12.6. The monoisotopic (exact) mass is 316 g/mol. The number of hydrogen-bond donors (Lipinski definition) is 0. The molecule has 1 spiro atoms.